The summed E-state index contributed by atoms with van der Waals surface area (Å²) in [4.78, 5) is 53.1. The molecule has 0 unspecified atom stereocenters. The van der Waals surface area contributed by atoms with Crippen molar-refractivity contribution < 1.29 is 27.9 Å². The number of rotatable bonds is 4. The third kappa shape index (κ3) is 3.61. The van der Waals surface area contributed by atoms with Crippen LogP contribution in [-0.4, -0.2) is 52.5 Å². The van der Waals surface area contributed by atoms with Gasteiger partial charge in [0.2, 0.25) is 5.95 Å². The number of amides is 3. The van der Waals surface area contributed by atoms with Crippen LogP contribution < -0.4 is 14.5 Å². The van der Waals surface area contributed by atoms with Crippen LogP contribution in [0.5, 0.6) is 5.75 Å². The fourth-order valence-electron chi connectivity index (χ4n) is 4.08. The van der Waals surface area contributed by atoms with E-state index in [0.717, 1.165) is 11.0 Å². The van der Waals surface area contributed by atoms with Crippen molar-refractivity contribution in [3.63, 3.8) is 0 Å². The molecule has 3 heterocycles. The summed E-state index contributed by atoms with van der Waals surface area (Å²) in [5, 5.41) is 0.0510. The van der Waals surface area contributed by atoms with Gasteiger partial charge in [-0.1, -0.05) is 0 Å². The minimum Gasteiger partial charge on any atom is -0.494 e. The highest BCUT2D eigenvalue weighted by molar-refractivity contribution is 8.44. The number of carbonyl (C=O) groups excluding carboxylic acids is 3. The molecule has 0 aliphatic carbocycles. The lowest BCUT2D eigenvalue weighted by Gasteiger charge is -2.35. The van der Waals surface area contributed by atoms with E-state index < -0.39 is 39.4 Å². The van der Waals surface area contributed by atoms with Crippen molar-refractivity contribution in [3.05, 3.63) is 71.6 Å². The van der Waals surface area contributed by atoms with Gasteiger partial charge in [0.15, 0.2) is 16.7 Å². The van der Waals surface area contributed by atoms with Crippen LogP contribution >= 0.6 is 10.0 Å². The Balaban J connectivity index is 1.56. The molecule has 0 bridgehead atoms. The number of halogens is 2. The number of aliphatic imine (C=N–C) groups is 1. The Morgan fingerprint density at radius 3 is 2.36 bits per heavy atom. The first-order chi connectivity index (χ1) is 17.1. The SMILES string of the molecule is COc1ccc(S(C)(C)C2=NC(=O)C(=O)N2c2cc(F)c3c(c2)C(=O)N(c2ncccn2)C3)cc1F. The summed E-state index contributed by atoms with van der Waals surface area (Å²) < 4.78 is 34.7. The van der Waals surface area contributed by atoms with Crippen LogP contribution in [0.25, 0.3) is 0 Å². The second-order valence-corrected chi connectivity index (χ2v) is 11.8. The van der Waals surface area contributed by atoms with Gasteiger partial charge < -0.3 is 4.74 Å². The van der Waals surface area contributed by atoms with Crippen molar-refractivity contribution in [1.29, 1.82) is 0 Å². The molecule has 5 rings (SSSR count). The zero-order chi connectivity index (χ0) is 25.8. The van der Waals surface area contributed by atoms with Crippen LogP contribution in [0.1, 0.15) is 15.9 Å². The summed E-state index contributed by atoms with van der Waals surface area (Å²) in [5.74, 6) is -3.77. The first-order valence-electron chi connectivity index (χ1n) is 10.6. The molecule has 0 spiro atoms. The number of benzene rings is 2. The van der Waals surface area contributed by atoms with Gasteiger partial charge in [0.25, 0.3) is 5.91 Å². The smallest absolute Gasteiger partial charge is 0.338 e. The van der Waals surface area contributed by atoms with E-state index in [9.17, 15) is 18.8 Å². The Morgan fingerprint density at radius 2 is 1.69 bits per heavy atom. The van der Waals surface area contributed by atoms with E-state index in [4.69, 9.17) is 4.74 Å². The van der Waals surface area contributed by atoms with Crippen molar-refractivity contribution >= 4 is 44.6 Å². The number of hydrogen-bond donors (Lipinski definition) is 0. The Kier molecular flexibility index (Phi) is 5.55. The van der Waals surface area contributed by atoms with E-state index in [2.05, 4.69) is 15.0 Å². The van der Waals surface area contributed by atoms with Gasteiger partial charge >= 0.3 is 11.8 Å². The topological polar surface area (TPSA) is 105 Å². The minimum atomic E-state index is -2.24. The Hall–Kier alpha value is -4.19. The number of nitrogens with zero attached hydrogens (tertiary/aromatic N) is 5. The van der Waals surface area contributed by atoms with Gasteiger partial charge in [0.05, 0.1) is 24.9 Å². The van der Waals surface area contributed by atoms with Gasteiger partial charge in [0, 0.05) is 18.0 Å². The summed E-state index contributed by atoms with van der Waals surface area (Å²) in [6.45, 7) is -0.0833. The molecule has 12 heteroatoms. The number of aromatic nitrogens is 2. The maximum atomic E-state index is 15.2. The van der Waals surface area contributed by atoms with Crippen molar-refractivity contribution in [2.45, 2.75) is 11.4 Å². The molecule has 1 aromatic heterocycles. The minimum absolute atomic E-state index is 0.0206. The third-order valence-electron chi connectivity index (χ3n) is 5.97. The second-order valence-electron chi connectivity index (χ2n) is 8.36. The molecule has 0 atom stereocenters. The molecular weight excluding hydrogens is 492 g/mol. The quantitative estimate of drug-likeness (QED) is 0.498. The molecule has 9 nitrogen and oxygen atoms in total. The van der Waals surface area contributed by atoms with Gasteiger partial charge in [-0.15, -0.1) is 0 Å². The average molecular weight is 512 g/mol. The van der Waals surface area contributed by atoms with Crippen LogP contribution in [0.2, 0.25) is 0 Å². The lowest BCUT2D eigenvalue weighted by molar-refractivity contribution is -0.134. The van der Waals surface area contributed by atoms with Crippen LogP contribution in [0.15, 0.2) is 58.7 Å². The second kappa shape index (κ2) is 8.48. The van der Waals surface area contributed by atoms with Crippen LogP contribution in [-0.2, 0) is 16.1 Å². The summed E-state index contributed by atoms with van der Waals surface area (Å²) >= 11 is 0. The lowest BCUT2D eigenvalue weighted by atomic mass is 10.1. The number of methoxy groups -OCH3 is 1. The van der Waals surface area contributed by atoms with E-state index in [1.165, 1.54) is 42.6 Å². The Morgan fingerprint density at radius 1 is 0.972 bits per heavy atom. The molecule has 0 radical (unpaired) electrons. The fourth-order valence-corrected chi connectivity index (χ4v) is 6.05. The molecule has 0 N–H and O–H groups in total. The Bertz CT molecular complexity index is 1480. The average Bonchev–Trinajstić information content (AvgIpc) is 3.36. The van der Waals surface area contributed by atoms with Gasteiger partial charge in [0.1, 0.15) is 5.82 Å². The number of amidine groups is 1. The number of ether oxygens (including phenoxy) is 1. The molecule has 0 saturated carbocycles. The molecule has 36 heavy (non-hydrogen) atoms. The maximum Gasteiger partial charge on any atom is 0.338 e. The van der Waals surface area contributed by atoms with Crippen molar-refractivity contribution in [2.75, 3.05) is 29.4 Å². The highest BCUT2D eigenvalue weighted by Crippen LogP contribution is 2.54. The van der Waals surface area contributed by atoms with Crippen molar-refractivity contribution in [2.24, 2.45) is 4.99 Å². The van der Waals surface area contributed by atoms with E-state index in [0.29, 0.717) is 4.90 Å². The van der Waals surface area contributed by atoms with Crippen LogP contribution in [0.3, 0.4) is 0 Å². The summed E-state index contributed by atoms with van der Waals surface area (Å²) in [7, 11) is -0.904. The van der Waals surface area contributed by atoms with Crippen LogP contribution in [0.4, 0.5) is 20.4 Å². The number of carbonyl (C=O) groups is 3. The van der Waals surface area contributed by atoms with Gasteiger partial charge in [-0.25, -0.2) is 18.7 Å². The standard InChI is InChI=1S/C24H19F2N5O4S/c1-35-19-6-5-14(11-18(19)26)36(2,3)24-29-20(32)22(34)31(24)13-9-15-16(17(25)10-13)12-30(21(15)33)23-27-7-4-8-28-23/h4-11H,12H2,1-3H3. The third-order valence-corrected chi connectivity index (χ3v) is 8.59. The molecule has 2 aromatic carbocycles. The van der Waals surface area contributed by atoms with Crippen molar-refractivity contribution in [3.8, 4) is 5.75 Å². The van der Waals surface area contributed by atoms with Gasteiger partial charge in [-0.2, -0.15) is 15.0 Å². The van der Waals surface area contributed by atoms with E-state index in [1.807, 2.05) is 0 Å². The number of hydrogen-bond acceptors (Lipinski definition) is 6. The summed E-state index contributed by atoms with van der Waals surface area (Å²) in [5.41, 5.74) is 0.114. The zero-order valence-corrected chi connectivity index (χ0v) is 20.2. The highest BCUT2D eigenvalue weighted by atomic mass is 32.3. The maximum absolute atomic E-state index is 15.2. The van der Waals surface area contributed by atoms with E-state index in [1.54, 1.807) is 24.6 Å². The monoisotopic (exact) mass is 511 g/mol. The zero-order valence-electron chi connectivity index (χ0n) is 19.4. The molecular formula is C24H19F2N5O4S. The molecule has 3 aromatic rings. The predicted octanol–water partition coefficient (Wildman–Crippen LogP) is 3.28. The first kappa shape index (κ1) is 23.5. The summed E-state index contributed by atoms with van der Waals surface area (Å²) in [6, 6.07) is 8.34. The van der Waals surface area contributed by atoms with Gasteiger partial charge in [-0.3, -0.25) is 24.2 Å². The molecule has 2 aliphatic heterocycles. The molecule has 3 amide bonds. The predicted molar refractivity (Wildman–Crippen MR) is 130 cm³/mol. The highest BCUT2D eigenvalue weighted by Gasteiger charge is 2.43. The van der Waals surface area contributed by atoms with E-state index >= 15 is 4.39 Å². The summed E-state index contributed by atoms with van der Waals surface area (Å²) in [6.07, 6.45) is 6.39. The van der Waals surface area contributed by atoms with Gasteiger partial charge in [-0.05, 0) is 53.8 Å². The molecule has 0 fully saturated rings. The number of fused-ring (bicyclic) bond motifs is 1. The lowest BCUT2D eigenvalue weighted by Crippen LogP contribution is -2.36. The Labute approximate surface area is 205 Å². The fraction of sp³-hybridized carbons (Fsp3) is 0.167. The van der Waals surface area contributed by atoms with Crippen molar-refractivity contribution in [1.82, 2.24) is 9.97 Å². The number of anilines is 2. The van der Waals surface area contributed by atoms with Crippen LogP contribution in [0, 0.1) is 11.6 Å². The normalized spacial score (nSPS) is 15.9. The van der Waals surface area contributed by atoms with E-state index in [-0.39, 0.29) is 40.2 Å². The largest absolute Gasteiger partial charge is 0.494 e. The molecule has 2 aliphatic rings. The molecule has 184 valence electrons. The first-order valence-corrected chi connectivity index (χ1v) is 13.0. The molecule has 0 saturated heterocycles.